The third kappa shape index (κ3) is 3.43. The van der Waals surface area contributed by atoms with Gasteiger partial charge in [-0.1, -0.05) is 42.1 Å². The predicted molar refractivity (Wildman–Crippen MR) is 94.9 cm³/mol. The van der Waals surface area contributed by atoms with Crippen LogP contribution in [0.15, 0.2) is 53.7 Å². The topological polar surface area (TPSA) is 62.3 Å². The number of pyridine rings is 1. The Morgan fingerprint density at radius 2 is 2.04 bits per heavy atom. The van der Waals surface area contributed by atoms with Gasteiger partial charge < -0.3 is 10.2 Å². The molecule has 2 atom stereocenters. The maximum Gasteiger partial charge on any atom is 0.240 e. The molecule has 0 bridgehead atoms. The van der Waals surface area contributed by atoms with Gasteiger partial charge in [-0.25, -0.2) is 4.98 Å². The Morgan fingerprint density at radius 3 is 2.79 bits per heavy atom. The minimum absolute atomic E-state index is 0.0667. The molecule has 0 fully saturated rings. The number of thioether (sulfide) groups is 1. The van der Waals surface area contributed by atoms with Gasteiger partial charge in [0.25, 0.3) is 0 Å². The molecule has 0 radical (unpaired) electrons. The molecule has 3 rings (SSSR count). The first kappa shape index (κ1) is 16.5. The smallest absolute Gasteiger partial charge is 0.240 e. The first-order chi connectivity index (χ1) is 11.6. The van der Waals surface area contributed by atoms with Crippen LogP contribution in [-0.4, -0.2) is 29.1 Å². The summed E-state index contributed by atoms with van der Waals surface area (Å²) in [6.07, 6.45) is 1.84. The molecule has 1 aromatic carbocycles. The van der Waals surface area contributed by atoms with Crippen molar-refractivity contribution in [3.05, 3.63) is 54.2 Å². The number of carbonyl (C=O) groups excluding carboxylic acids is 2. The largest absolute Gasteiger partial charge is 0.350 e. The third-order valence-electron chi connectivity index (χ3n) is 4.02. The zero-order valence-electron chi connectivity index (χ0n) is 13.6. The summed E-state index contributed by atoms with van der Waals surface area (Å²) in [5, 5.41) is 3.30. The molecule has 2 aromatic rings. The van der Waals surface area contributed by atoms with Crippen molar-refractivity contribution in [3.8, 4) is 0 Å². The molecule has 1 N–H and O–H groups in total. The summed E-state index contributed by atoms with van der Waals surface area (Å²) in [4.78, 5) is 30.7. The van der Waals surface area contributed by atoms with Crippen LogP contribution in [-0.2, 0) is 9.59 Å². The molecule has 2 amide bonds. The second-order valence-corrected chi connectivity index (χ2v) is 6.93. The number of carbonyl (C=O) groups is 2. The van der Waals surface area contributed by atoms with Crippen molar-refractivity contribution in [2.24, 2.45) is 0 Å². The molecule has 1 aliphatic heterocycles. The van der Waals surface area contributed by atoms with Crippen LogP contribution in [0.5, 0.6) is 0 Å². The highest BCUT2D eigenvalue weighted by Gasteiger charge is 2.33. The van der Waals surface area contributed by atoms with E-state index in [2.05, 4.69) is 10.3 Å². The number of aromatic nitrogens is 1. The summed E-state index contributed by atoms with van der Waals surface area (Å²) in [6.45, 7) is 1.94. The lowest BCUT2D eigenvalue weighted by Crippen LogP contribution is -2.41. The van der Waals surface area contributed by atoms with Gasteiger partial charge in [0.05, 0.1) is 17.0 Å². The quantitative estimate of drug-likeness (QED) is 0.929. The van der Waals surface area contributed by atoms with Gasteiger partial charge in [-0.2, -0.15) is 0 Å². The normalized spacial score (nSPS) is 18.0. The predicted octanol–water partition coefficient (Wildman–Crippen LogP) is 2.79. The molecule has 24 heavy (non-hydrogen) atoms. The summed E-state index contributed by atoms with van der Waals surface area (Å²) >= 11 is 1.36. The monoisotopic (exact) mass is 341 g/mol. The van der Waals surface area contributed by atoms with Gasteiger partial charge in [0.1, 0.15) is 5.03 Å². The molecule has 0 saturated carbocycles. The van der Waals surface area contributed by atoms with E-state index in [9.17, 15) is 9.59 Å². The van der Waals surface area contributed by atoms with Crippen molar-refractivity contribution in [1.82, 2.24) is 10.3 Å². The number of fused-ring (bicyclic) bond motifs is 1. The van der Waals surface area contributed by atoms with Crippen LogP contribution in [0, 0.1) is 0 Å². The fraction of sp³-hybridized carbons (Fsp3) is 0.278. The van der Waals surface area contributed by atoms with E-state index in [1.54, 1.807) is 24.2 Å². The highest BCUT2D eigenvalue weighted by atomic mass is 32.2. The first-order valence-electron chi connectivity index (χ1n) is 7.80. The van der Waals surface area contributed by atoms with Crippen molar-refractivity contribution >= 4 is 29.3 Å². The number of nitrogens with zero attached hydrogens (tertiary/aromatic N) is 2. The van der Waals surface area contributed by atoms with E-state index >= 15 is 0 Å². The van der Waals surface area contributed by atoms with E-state index in [4.69, 9.17) is 0 Å². The number of hydrogen-bond acceptors (Lipinski definition) is 4. The van der Waals surface area contributed by atoms with Gasteiger partial charge in [0.15, 0.2) is 0 Å². The van der Waals surface area contributed by atoms with E-state index in [1.165, 1.54) is 11.8 Å². The first-order valence-corrected chi connectivity index (χ1v) is 8.68. The molecule has 5 nitrogen and oxygen atoms in total. The summed E-state index contributed by atoms with van der Waals surface area (Å²) in [5.41, 5.74) is 1.83. The molecule has 1 aliphatic rings. The van der Waals surface area contributed by atoms with Crippen molar-refractivity contribution in [2.75, 3.05) is 11.9 Å². The van der Waals surface area contributed by atoms with Gasteiger partial charge in [-0.3, -0.25) is 9.59 Å². The summed E-state index contributed by atoms with van der Waals surface area (Å²) in [7, 11) is 1.72. The average Bonchev–Trinajstić information content (AvgIpc) is 2.60. The molecule has 124 valence electrons. The van der Waals surface area contributed by atoms with Gasteiger partial charge >= 0.3 is 0 Å². The van der Waals surface area contributed by atoms with E-state index < -0.39 is 5.25 Å². The molecule has 0 spiro atoms. The highest BCUT2D eigenvalue weighted by Crippen LogP contribution is 2.37. The van der Waals surface area contributed by atoms with Gasteiger partial charge in [-0.15, -0.1) is 0 Å². The number of anilines is 1. The molecular formula is C18H19N3O2S. The molecule has 2 heterocycles. The number of benzene rings is 1. The Kier molecular flexibility index (Phi) is 4.85. The molecule has 0 saturated heterocycles. The maximum absolute atomic E-state index is 12.5. The molecule has 6 heteroatoms. The second kappa shape index (κ2) is 7.05. The number of rotatable bonds is 4. The molecule has 1 aromatic heterocycles. The minimum atomic E-state index is -0.444. The van der Waals surface area contributed by atoms with Crippen molar-refractivity contribution in [1.29, 1.82) is 0 Å². The third-order valence-corrected chi connectivity index (χ3v) is 5.21. The molecule has 0 aliphatic carbocycles. The van der Waals surface area contributed by atoms with Crippen LogP contribution in [0.1, 0.15) is 24.9 Å². The number of hydrogen-bond donors (Lipinski definition) is 1. The van der Waals surface area contributed by atoms with E-state index in [1.807, 2.05) is 43.3 Å². The van der Waals surface area contributed by atoms with Gasteiger partial charge in [-0.05, 0) is 24.6 Å². The second-order valence-electron chi connectivity index (χ2n) is 5.74. The standard InChI is InChI=1S/C18H19N3O2S/c1-12(13-7-4-3-5-8-13)20-16(22)11-15-18(23)21(2)14-9-6-10-19-17(14)24-15/h3-10,12,15H,11H2,1-2H3,(H,20,22). The lowest BCUT2D eigenvalue weighted by molar-refractivity contribution is -0.125. The van der Waals surface area contributed by atoms with Gasteiger partial charge in [0.2, 0.25) is 11.8 Å². The zero-order chi connectivity index (χ0) is 17.1. The Bertz CT molecular complexity index is 751. The van der Waals surface area contributed by atoms with Crippen LogP contribution in [0.2, 0.25) is 0 Å². The lowest BCUT2D eigenvalue weighted by atomic mass is 10.1. The Morgan fingerprint density at radius 1 is 1.29 bits per heavy atom. The zero-order valence-corrected chi connectivity index (χ0v) is 14.4. The summed E-state index contributed by atoms with van der Waals surface area (Å²) in [5.74, 6) is -0.201. The van der Waals surface area contributed by atoms with Crippen LogP contribution in [0.3, 0.4) is 0 Å². The number of amides is 2. The van der Waals surface area contributed by atoms with Crippen molar-refractivity contribution in [2.45, 2.75) is 29.7 Å². The Balaban J connectivity index is 1.66. The van der Waals surface area contributed by atoms with Crippen molar-refractivity contribution < 1.29 is 9.59 Å². The number of nitrogens with one attached hydrogen (secondary N) is 1. The van der Waals surface area contributed by atoms with Crippen LogP contribution < -0.4 is 10.2 Å². The SMILES string of the molecule is CC(NC(=O)CC1Sc2ncccc2N(C)C1=O)c1ccccc1. The fourth-order valence-electron chi connectivity index (χ4n) is 2.67. The summed E-state index contributed by atoms with van der Waals surface area (Å²) in [6, 6.07) is 13.3. The minimum Gasteiger partial charge on any atom is -0.350 e. The molecule has 2 unspecified atom stereocenters. The summed E-state index contributed by atoms with van der Waals surface area (Å²) < 4.78 is 0. The van der Waals surface area contributed by atoms with Gasteiger partial charge in [0, 0.05) is 19.7 Å². The lowest BCUT2D eigenvalue weighted by Gasteiger charge is -2.30. The van der Waals surface area contributed by atoms with Crippen LogP contribution in [0.4, 0.5) is 5.69 Å². The molecular weight excluding hydrogens is 322 g/mol. The van der Waals surface area contributed by atoms with Crippen LogP contribution in [0.25, 0.3) is 0 Å². The van der Waals surface area contributed by atoms with E-state index in [0.29, 0.717) is 0 Å². The highest BCUT2D eigenvalue weighted by molar-refractivity contribution is 8.00. The van der Waals surface area contributed by atoms with Crippen LogP contribution >= 0.6 is 11.8 Å². The van der Waals surface area contributed by atoms with Crippen molar-refractivity contribution in [3.63, 3.8) is 0 Å². The van der Waals surface area contributed by atoms with E-state index in [-0.39, 0.29) is 24.3 Å². The fourth-order valence-corrected chi connectivity index (χ4v) is 3.88. The Labute approximate surface area is 145 Å². The maximum atomic E-state index is 12.5. The Hall–Kier alpha value is -2.34. The average molecular weight is 341 g/mol. The van der Waals surface area contributed by atoms with E-state index in [0.717, 1.165) is 16.3 Å².